The van der Waals surface area contributed by atoms with Gasteiger partial charge in [-0.05, 0) is 24.4 Å². The van der Waals surface area contributed by atoms with Crippen molar-refractivity contribution >= 4 is 11.6 Å². The molecule has 1 aromatic rings. The van der Waals surface area contributed by atoms with E-state index in [1.165, 1.54) is 0 Å². The van der Waals surface area contributed by atoms with Gasteiger partial charge in [0.25, 0.3) is 0 Å². The van der Waals surface area contributed by atoms with Crippen molar-refractivity contribution in [3.63, 3.8) is 0 Å². The molecule has 1 fully saturated rings. The van der Waals surface area contributed by atoms with E-state index < -0.39 is 0 Å². The molecule has 2 rings (SSSR count). The van der Waals surface area contributed by atoms with Crippen LogP contribution in [0.1, 0.15) is 44.5 Å². The first-order chi connectivity index (χ1) is 7.20. The van der Waals surface area contributed by atoms with Crippen molar-refractivity contribution in [1.29, 1.82) is 0 Å². The summed E-state index contributed by atoms with van der Waals surface area (Å²) in [6, 6.07) is 0.402. The van der Waals surface area contributed by atoms with Crippen LogP contribution in [0.2, 0.25) is 5.28 Å². The minimum Gasteiger partial charge on any atom is -0.381 e. The molecule has 0 atom stereocenters. The highest BCUT2D eigenvalue weighted by molar-refractivity contribution is 6.28. The van der Waals surface area contributed by atoms with Crippen molar-refractivity contribution in [2.45, 2.75) is 38.6 Å². The molecule has 84 valence electrons. The van der Waals surface area contributed by atoms with Crippen LogP contribution < -0.4 is 0 Å². The van der Waals surface area contributed by atoms with E-state index >= 15 is 0 Å². The van der Waals surface area contributed by atoms with E-state index in [0.29, 0.717) is 17.2 Å². The Labute approximate surface area is 94.6 Å². The van der Waals surface area contributed by atoms with E-state index in [-0.39, 0.29) is 0 Å². The molecule has 1 aromatic heterocycles. The average Bonchev–Trinajstić information content (AvgIpc) is 2.61. The predicted molar refractivity (Wildman–Crippen MR) is 58.2 cm³/mol. The quantitative estimate of drug-likeness (QED) is 0.782. The van der Waals surface area contributed by atoms with Crippen molar-refractivity contribution in [3.05, 3.63) is 11.1 Å². The minimum atomic E-state index is 0.354. The van der Waals surface area contributed by atoms with Crippen molar-refractivity contribution in [3.8, 4) is 0 Å². The van der Waals surface area contributed by atoms with Gasteiger partial charge >= 0.3 is 0 Å². The fourth-order valence-corrected chi connectivity index (χ4v) is 2.22. The summed E-state index contributed by atoms with van der Waals surface area (Å²) in [4.78, 5) is 0. The Morgan fingerprint density at radius 1 is 1.33 bits per heavy atom. The average molecular weight is 230 g/mol. The zero-order valence-electron chi connectivity index (χ0n) is 9.11. The highest BCUT2D eigenvalue weighted by Crippen LogP contribution is 2.28. The summed E-state index contributed by atoms with van der Waals surface area (Å²) in [5, 5.41) is 8.59. The van der Waals surface area contributed by atoms with E-state index in [4.69, 9.17) is 16.3 Å². The molecule has 0 bridgehead atoms. The van der Waals surface area contributed by atoms with Gasteiger partial charge in [-0.2, -0.15) is 0 Å². The molecule has 1 aliphatic heterocycles. The third-order valence-corrected chi connectivity index (χ3v) is 3.01. The molecular formula is C10H16ClN3O. The molecule has 1 saturated heterocycles. The van der Waals surface area contributed by atoms with Crippen molar-refractivity contribution < 1.29 is 4.74 Å². The zero-order valence-corrected chi connectivity index (χ0v) is 9.87. The van der Waals surface area contributed by atoms with Crippen LogP contribution in [0.15, 0.2) is 0 Å². The fourth-order valence-electron chi connectivity index (χ4n) is 1.96. The number of hydrogen-bond acceptors (Lipinski definition) is 3. The highest BCUT2D eigenvalue weighted by atomic mass is 35.5. The Morgan fingerprint density at radius 2 is 2.00 bits per heavy atom. The van der Waals surface area contributed by atoms with Gasteiger partial charge in [-0.15, -0.1) is 10.2 Å². The molecule has 4 nitrogen and oxygen atoms in total. The Morgan fingerprint density at radius 3 is 2.60 bits per heavy atom. The van der Waals surface area contributed by atoms with Gasteiger partial charge in [0.05, 0.1) is 0 Å². The first kappa shape index (κ1) is 10.9. The van der Waals surface area contributed by atoms with Crippen LogP contribution in [0, 0.1) is 0 Å². The summed E-state index contributed by atoms with van der Waals surface area (Å²) in [7, 11) is 0. The van der Waals surface area contributed by atoms with Gasteiger partial charge in [-0.3, -0.25) is 4.57 Å². The lowest BCUT2D eigenvalue weighted by Gasteiger charge is -2.25. The topological polar surface area (TPSA) is 39.9 Å². The summed E-state index contributed by atoms with van der Waals surface area (Å²) in [5.74, 6) is 1.33. The summed E-state index contributed by atoms with van der Waals surface area (Å²) in [6.07, 6.45) is 2.00. The number of halogens is 1. The van der Waals surface area contributed by atoms with E-state index in [9.17, 15) is 0 Å². The maximum absolute atomic E-state index is 6.07. The maximum Gasteiger partial charge on any atom is 0.225 e. The molecule has 0 amide bonds. The van der Waals surface area contributed by atoms with Gasteiger partial charge in [-0.1, -0.05) is 13.8 Å². The lowest BCUT2D eigenvalue weighted by molar-refractivity contribution is 0.0686. The second kappa shape index (κ2) is 4.49. The monoisotopic (exact) mass is 229 g/mol. The number of nitrogens with zero attached hydrogens (tertiary/aromatic N) is 3. The van der Waals surface area contributed by atoms with Crippen molar-refractivity contribution in [1.82, 2.24) is 14.8 Å². The SMILES string of the molecule is CC(C)c1nnc(Cl)n1C1CCOCC1. The lowest BCUT2D eigenvalue weighted by atomic mass is 10.1. The summed E-state index contributed by atoms with van der Waals surface area (Å²) in [5.41, 5.74) is 0. The van der Waals surface area contributed by atoms with E-state index in [2.05, 4.69) is 28.6 Å². The molecule has 2 heterocycles. The smallest absolute Gasteiger partial charge is 0.225 e. The standard InChI is InChI=1S/C10H16ClN3O/c1-7(2)9-12-13-10(11)14(9)8-3-5-15-6-4-8/h7-8H,3-6H2,1-2H3. The van der Waals surface area contributed by atoms with E-state index in [1.54, 1.807) is 0 Å². The Balaban J connectivity index is 2.28. The summed E-state index contributed by atoms with van der Waals surface area (Å²) >= 11 is 6.07. The van der Waals surface area contributed by atoms with Crippen LogP contribution in [-0.4, -0.2) is 28.0 Å². The molecule has 0 N–H and O–H groups in total. The number of ether oxygens (including phenoxy) is 1. The molecule has 0 aliphatic carbocycles. The lowest BCUT2D eigenvalue weighted by Crippen LogP contribution is -2.21. The number of rotatable bonds is 2. The molecule has 0 aromatic carbocycles. The van der Waals surface area contributed by atoms with E-state index in [1.807, 2.05) is 0 Å². The van der Waals surface area contributed by atoms with Gasteiger partial charge < -0.3 is 4.74 Å². The third-order valence-electron chi connectivity index (χ3n) is 2.75. The fraction of sp³-hybridized carbons (Fsp3) is 0.800. The minimum absolute atomic E-state index is 0.354. The van der Waals surface area contributed by atoms with Gasteiger partial charge in [0.1, 0.15) is 5.82 Å². The first-order valence-corrected chi connectivity index (χ1v) is 5.76. The molecule has 0 spiro atoms. The Kier molecular flexibility index (Phi) is 3.26. The molecule has 0 unspecified atom stereocenters. The first-order valence-electron chi connectivity index (χ1n) is 5.38. The summed E-state index contributed by atoms with van der Waals surface area (Å²) in [6.45, 7) is 5.82. The summed E-state index contributed by atoms with van der Waals surface area (Å²) < 4.78 is 7.40. The maximum atomic E-state index is 6.07. The van der Waals surface area contributed by atoms with Gasteiger partial charge in [0.15, 0.2) is 0 Å². The largest absolute Gasteiger partial charge is 0.381 e. The number of aromatic nitrogens is 3. The molecule has 0 saturated carbocycles. The van der Waals surface area contributed by atoms with E-state index in [0.717, 1.165) is 31.9 Å². The zero-order chi connectivity index (χ0) is 10.8. The van der Waals surface area contributed by atoms with Crippen LogP contribution in [0.5, 0.6) is 0 Å². The highest BCUT2D eigenvalue weighted by Gasteiger charge is 2.23. The van der Waals surface area contributed by atoms with Crippen LogP contribution >= 0.6 is 11.6 Å². The third kappa shape index (κ3) is 2.16. The van der Waals surface area contributed by atoms with Gasteiger partial charge in [-0.25, -0.2) is 0 Å². The molecule has 15 heavy (non-hydrogen) atoms. The second-order valence-corrected chi connectivity index (χ2v) is 4.53. The Bertz CT molecular complexity index is 331. The van der Waals surface area contributed by atoms with Crippen molar-refractivity contribution in [2.75, 3.05) is 13.2 Å². The van der Waals surface area contributed by atoms with Crippen LogP contribution in [0.4, 0.5) is 0 Å². The Hall–Kier alpha value is -0.610. The van der Waals surface area contributed by atoms with Crippen LogP contribution in [0.25, 0.3) is 0 Å². The van der Waals surface area contributed by atoms with Crippen LogP contribution in [-0.2, 0) is 4.74 Å². The normalized spacial score (nSPS) is 18.7. The second-order valence-electron chi connectivity index (χ2n) is 4.20. The molecule has 0 radical (unpaired) electrons. The molecule has 5 heteroatoms. The molecule has 1 aliphatic rings. The molecular weight excluding hydrogens is 214 g/mol. The van der Waals surface area contributed by atoms with Gasteiger partial charge in [0.2, 0.25) is 5.28 Å². The van der Waals surface area contributed by atoms with Crippen LogP contribution in [0.3, 0.4) is 0 Å². The number of hydrogen-bond donors (Lipinski definition) is 0. The van der Waals surface area contributed by atoms with Crippen molar-refractivity contribution in [2.24, 2.45) is 0 Å². The predicted octanol–water partition coefficient (Wildman–Crippen LogP) is 2.41. The van der Waals surface area contributed by atoms with Gasteiger partial charge in [0, 0.05) is 25.2 Å².